The van der Waals surface area contributed by atoms with Crippen molar-refractivity contribution >= 4 is 81.9 Å². The highest BCUT2D eigenvalue weighted by atomic mass is 16.2. The van der Waals surface area contributed by atoms with Crippen LogP contribution in [0.25, 0.3) is 0 Å². The Balaban J connectivity index is 0.864. The van der Waals surface area contributed by atoms with Gasteiger partial charge >= 0.3 is 0 Å². The standard InChI is InChI=1S/C48H63N19O9/c1-61(2)19-10-15-51-44(72)32-21-29(24-63(32)4)54-38(69)12-17-53-46(74)41-59-35(27-66(41)7)57-37(68)11-9-14-50-43(71)33-23-31(26-64(33)5)56-48(76)42-60-36(28-67(42)8)58-39(70)13-16-52-45(73)34-22-30(25-65(34)6)55-47(75)40-49-18-20-62(40)3/h18,20-28H,9-17,19H2,1-8H3,(H,50,71)(H,51,72)(H,52,73)(H,53,74)(H,54,69)(H,55,75)(H,56,76)(H,57,68)(H,58,70). The largest absolute Gasteiger partial charge is 0.351 e. The molecule has 6 heterocycles. The first-order chi connectivity index (χ1) is 36.1. The summed E-state index contributed by atoms with van der Waals surface area (Å²) in [7, 11) is 13.7. The predicted octanol–water partition coefficient (Wildman–Crippen LogP) is 0.755. The van der Waals surface area contributed by atoms with E-state index >= 15 is 0 Å². The molecular weight excluding hydrogens is 987 g/mol. The third-order valence-electron chi connectivity index (χ3n) is 11.4. The fraction of sp³-hybridized carbons (Fsp3) is 0.375. The first kappa shape index (κ1) is 56.0. The molecule has 404 valence electrons. The molecule has 0 aromatic carbocycles. The molecule has 28 nitrogen and oxygen atoms in total. The van der Waals surface area contributed by atoms with Gasteiger partial charge in [0, 0.05) is 131 Å². The van der Waals surface area contributed by atoms with Gasteiger partial charge in [0.15, 0.2) is 17.5 Å². The van der Waals surface area contributed by atoms with Gasteiger partial charge < -0.3 is 80.2 Å². The summed E-state index contributed by atoms with van der Waals surface area (Å²) in [5.41, 5.74) is 1.98. The van der Waals surface area contributed by atoms with E-state index in [1.165, 1.54) is 55.2 Å². The van der Waals surface area contributed by atoms with Crippen LogP contribution in [0, 0.1) is 0 Å². The Morgan fingerprint density at radius 1 is 0.434 bits per heavy atom. The molecule has 0 aliphatic heterocycles. The van der Waals surface area contributed by atoms with E-state index < -0.39 is 41.4 Å². The van der Waals surface area contributed by atoms with Crippen molar-refractivity contribution in [3.63, 3.8) is 0 Å². The lowest BCUT2D eigenvalue weighted by Crippen LogP contribution is -2.29. The van der Waals surface area contributed by atoms with Gasteiger partial charge in [-0.25, -0.2) is 15.0 Å². The Kier molecular flexibility index (Phi) is 18.8. The molecule has 0 unspecified atom stereocenters. The lowest BCUT2D eigenvalue weighted by atomic mass is 10.3. The average molecular weight is 1050 g/mol. The second kappa shape index (κ2) is 25.5. The number of aromatic nitrogens is 9. The number of anilines is 5. The van der Waals surface area contributed by atoms with Gasteiger partial charge in [-0.1, -0.05) is 0 Å². The van der Waals surface area contributed by atoms with Crippen LogP contribution in [0.1, 0.15) is 95.4 Å². The Morgan fingerprint density at radius 3 is 1.32 bits per heavy atom. The quantitative estimate of drug-likeness (QED) is 0.0358. The number of nitrogens with one attached hydrogen (secondary N) is 9. The summed E-state index contributed by atoms with van der Waals surface area (Å²) < 4.78 is 9.07. The number of hydrogen-bond donors (Lipinski definition) is 9. The summed E-state index contributed by atoms with van der Waals surface area (Å²) in [6.45, 7) is 1.46. The molecule has 0 atom stereocenters. The highest BCUT2D eigenvalue weighted by molar-refractivity contribution is 6.05. The van der Waals surface area contributed by atoms with Gasteiger partial charge in [-0.2, -0.15) is 0 Å². The van der Waals surface area contributed by atoms with Gasteiger partial charge in [0.25, 0.3) is 35.4 Å². The smallest absolute Gasteiger partial charge is 0.291 e. The number of imidazole rings is 3. The highest BCUT2D eigenvalue weighted by Crippen LogP contribution is 2.18. The van der Waals surface area contributed by atoms with E-state index in [2.05, 4.69) is 62.8 Å². The molecule has 6 rings (SSSR count). The Labute approximate surface area is 436 Å². The molecule has 6 aromatic rings. The lowest BCUT2D eigenvalue weighted by molar-refractivity contribution is -0.117. The Morgan fingerprint density at radius 2 is 0.842 bits per heavy atom. The molecule has 28 heteroatoms. The molecule has 0 spiro atoms. The number of carbonyl (C=O) groups excluding carboxylic acids is 9. The van der Waals surface area contributed by atoms with Crippen LogP contribution in [0.2, 0.25) is 0 Å². The van der Waals surface area contributed by atoms with Crippen molar-refractivity contribution in [2.45, 2.75) is 32.1 Å². The SMILES string of the molecule is CN(C)CCCNC(=O)c1cc(NC(=O)CCNC(=O)c2nc(NC(=O)CCCNC(=O)c3cc(NC(=O)c4nc(NC(=O)CCNC(=O)c5cc(NC(=O)c6nccn6C)cn5C)cn4C)cn3C)cn2C)cn1C. The van der Waals surface area contributed by atoms with Gasteiger partial charge in [-0.05, 0) is 51.7 Å². The van der Waals surface area contributed by atoms with E-state index in [1.807, 2.05) is 19.0 Å². The molecule has 0 saturated heterocycles. The Bertz CT molecular complexity index is 3130. The second-order valence-corrected chi connectivity index (χ2v) is 18.0. The normalized spacial score (nSPS) is 11.0. The minimum atomic E-state index is -0.619. The number of hydrogen-bond acceptors (Lipinski definition) is 13. The van der Waals surface area contributed by atoms with Crippen LogP contribution >= 0.6 is 0 Å². The second-order valence-electron chi connectivity index (χ2n) is 18.0. The fourth-order valence-corrected chi connectivity index (χ4v) is 7.62. The van der Waals surface area contributed by atoms with E-state index in [-0.39, 0.29) is 97.6 Å². The van der Waals surface area contributed by atoms with E-state index in [0.717, 1.165) is 13.0 Å². The number of nitrogens with zero attached hydrogens (tertiary/aromatic N) is 10. The Hall–Kier alpha value is -9.34. The molecule has 0 aliphatic rings. The van der Waals surface area contributed by atoms with Gasteiger partial charge in [-0.15, -0.1) is 0 Å². The molecule has 0 bridgehead atoms. The van der Waals surface area contributed by atoms with Gasteiger partial charge in [0.05, 0.1) is 17.1 Å². The molecule has 6 aromatic heterocycles. The monoisotopic (exact) mass is 1050 g/mol. The zero-order chi connectivity index (χ0) is 55.2. The van der Waals surface area contributed by atoms with Crippen molar-refractivity contribution in [2.75, 3.05) is 73.4 Å². The minimum Gasteiger partial charge on any atom is -0.351 e. The molecule has 0 radical (unpaired) electrons. The van der Waals surface area contributed by atoms with Crippen LogP contribution in [0.4, 0.5) is 28.7 Å². The third-order valence-corrected chi connectivity index (χ3v) is 11.4. The predicted molar refractivity (Wildman–Crippen MR) is 279 cm³/mol. The summed E-state index contributed by atoms with van der Waals surface area (Å²) >= 11 is 0. The number of rotatable bonds is 25. The summed E-state index contributed by atoms with van der Waals surface area (Å²) in [5, 5.41) is 24.3. The van der Waals surface area contributed by atoms with Crippen molar-refractivity contribution in [1.29, 1.82) is 0 Å². The first-order valence-corrected chi connectivity index (χ1v) is 24.0. The van der Waals surface area contributed by atoms with E-state index in [0.29, 0.717) is 29.3 Å². The van der Waals surface area contributed by atoms with Crippen LogP contribution in [0.3, 0.4) is 0 Å². The maximum Gasteiger partial charge on any atom is 0.291 e. The zero-order valence-corrected chi connectivity index (χ0v) is 43.5. The molecule has 0 fully saturated rings. The summed E-state index contributed by atoms with van der Waals surface area (Å²) in [5.74, 6) is -3.66. The maximum absolute atomic E-state index is 13.2. The number of carbonyl (C=O) groups is 9. The first-order valence-electron chi connectivity index (χ1n) is 24.0. The van der Waals surface area contributed by atoms with Crippen molar-refractivity contribution < 1.29 is 43.2 Å². The number of amides is 9. The van der Waals surface area contributed by atoms with E-state index in [1.54, 1.807) is 76.1 Å². The van der Waals surface area contributed by atoms with Crippen LogP contribution in [0.15, 0.2) is 61.6 Å². The van der Waals surface area contributed by atoms with E-state index in [4.69, 9.17) is 0 Å². The zero-order valence-electron chi connectivity index (χ0n) is 43.5. The average Bonchev–Trinajstić information content (AvgIpc) is 4.23. The van der Waals surface area contributed by atoms with Crippen molar-refractivity contribution in [3.05, 3.63) is 96.1 Å². The van der Waals surface area contributed by atoms with Crippen molar-refractivity contribution in [1.82, 2.24) is 68.5 Å². The van der Waals surface area contributed by atoms with Crippen molar-refractivity contribution in [2.24, 2.45) is 42.3 Å². The van der Waals surface area contributed by atoms with E-state index in [9.17, 15) is 43.2 Å². The summed E-state index contributed by atoms with van der Waals surface area (Å²) in [6.07, 6.45) is 11.7. The van der Waals surface area contributed by atoms with Gasteiger partial charge in [0.2, 0.25) is 29.4 Å². The molecule has 9 amide bonds. The summed E-state index contributed by atoms with van der Waals surface area (Å²) in [4.78, 5) is 130. The van der Waals surface area contributed by atoms with Gasteiger partial charge in [0.1, 0.15) is 17.1 Å². The minimum absolute atomic E-state index is 0.00296. The third kappa shape index (κ3) is 15.3. The topological polar surface area (TPSA) is 333 Å². The maximum atomic E-state index is 13.2. The van der Waals surface area contributed by atoms with Crippen LogP contribution in [-0.4, -0.2) is 147 Å². The van der Waals surface area contributed by atoms with Crippen LogP contribution < -0.4 is 47.9 Å². The van der Waals surface area contributed by atoms with Crippen molar-refractivity contribution in [3.8, 4) is 0 Å². The molecule has 0 saturated carbocycles. The lowest BCUT2D eigenvalue weighted by Gasteiger charge is -2.10. The molecular formula is C48H63N19O9. The summed E-state index contributed by atoms with van der Waals surface area (Å²) in [6, 6.07) is 4.55. The van der Waals surface area contributed by atoms with Crippen LogP contribution in [-0.2, 0) is 56.7 Å². The molecule has 0 aliphatic carbocycles. The molecule has 9 N–H and O–H groups in total. The van der Waals surface area contributed by atoms with Gasteiger partial charge in [-0.3, -0.25) is 43.2 Å². The highest BCUT2D eigenvalue weighted by Gasteiger charge is 2.21. The molecule has 76 heavy (non-hydrogen) atoms. The number of aryl methyl sites for hydroxylation is 6. The fourth-order valence-electron chi connectivity index (χ4n) is 7.62. The van der Waals surface area contributed by atoms with Crippen LogP contribution in [0.5, 0.6) is 0 Å².